The molecule has 0 bridgehead atoms. The maximum absolute atomic E-state index is 12.9. The number of aliphatic carboxylic acids is 1. The number of carboxylic acids is 1. The summed E-state index contributed by atoms with van der Waals surface area (Å²) >= 11 is 0. The Bertz CT molecular complexity index is 1280. The minimum atomic E-state index is -3.49. The first-order valence-corrected chi connectivity index (χ1v) is 16.7. The van der Waals surface area contributed by atoms with Crippen LogP contribution in [0.25, 0.3) is 11.3 Å². The van der Waals surface area contributed by atoms with E-state index in [0.29, 0.717) is 37.1 Å². The summed E-state index contributed by atoms with van der Waals surface area (Å²) in [5, 5.41) is 22.9. The van der Waals surface area contributed by atoms with Gasteiger partial charge in [0.15, 0.2) is 0 Å². The van der Waals surface area contributed by atoms with E-state index in [0.717, 1.165) is 45.2 Å². The normalized spacial score (nSPS) is 13.2. The summed E-state index contributed by atoms with van der Waals surface area (Å²) in [6, 6.07) is -1.83. The van der Waals surface area contributed by atoms with Crippen molar-refractivity contribution in [1.29, 1.82) is 0 Å². The molecule has 2 aromatic rings. The zero-order valence-electron chi connectivity index (χ0n) is 25.8. The van der Waals surface area contributed by atoms with Gasteiger partial charge in [-0.25, -0.2) is 23.2 Å². The van der Waals surface area contributed by atoms with E-state index in [4.69, 9.17) is 0 Å². The number of sulfone groups is 1. The number of aryl methyl sites for hydroxylation is 1. The molecule has 2 amide bonds. The topological polar surface area (TPSA) is 189 Å². The maximum atomic E-state index is 12.9. The van der Waals surface area contributed by atoms with Gasteiger partial charge in [0.2, 0.25) is 26.8 Å². The molecule has 0 aliphatic heterocycles. The van der Waals surface area contributed by atoms with Crippen LogP contribution in [-0.2, 0) is 30.8 Å². The lowest BCUT2D eigenvalue weighted by atomic mass is 10.0. The molecule has 0 saturated carbocycles. The van der Waals surface area contributed by atoms with Gasteiger partial charge in [0.1, 0.15) is 17.8 Å². The number of aromatic nitrogens is 5. The van der Waals surface area contributed by atoms with Gasteiger partial charge in [0, 0.05) is 37.2 Å². The van der Waals surface area contributed by atoms with Crippen LogP contribution in [0.1, 0.15) is 72.6 Å². The molecule has 3 N–H and O–H groups in total. The van der Waals surface area contributed by atoms with Gasteiger partial charge < -0.3 is 20.6 Å². The van der Waals surface area contributed by atoms with Gasteiger partial charge in [-0.05, 0) is 57.7 Å². The number of hydrogen-bond donors (Lipinski definition) is 3. The first-order valence-electron chi connectivity index (χ1n) is 14.8. The maximum Gasteiger partial charge on any atom is 0.326 e. The molecule has 0 unspecified atom stereocenters. The Morgan fingerprint density at radius 1 is 1.00 bits per heavy atom. The van der Waals surface area contributed by atoms with Gasteiger partial charge >= 0.3 is 5.97 Å². The summed E-state index contributed by atoms with van der Waals surface area (Å²) in [6.45, 7) is 11.1. The second kappa shape index (κ2) is 17.6. The standard InChI is InChI=1S/C28H46N8O6S/c1-6-35(7-2)15-12-10-13-22(27(39)40)31-26(38)25(20(3)4)32-24(37)14-9-8-11-16-36-19-23(33-34-36)21-17-29-28(30-18-21)43(5,41)42/h17-20,22,25H,6-16H2,1-5H3,(H,31,38)(H,32,37)(H,39,40)/t22-,25-/m0/s1. The van der Waals surface area contributed by atoms with Gasteiger partial charge in [0.25, 0.3) is 0 Å². The highest BCUT2D eigenvalue weighted by Crippen LogP contribution is 2.15. The number of amides is 2. The van der Waals surface area contributed by atoms with Gasteiger partial charge in [-0.1, -0.05) is 39.3 Å². The lowest BCUT2D eigenvalue weighted by molar-refractivity contribution is -0.142. The molecule has 0 spiro atoms. The molecular formula is C28H46N8O6S. The summed E-state index contributed by atoms with van der Waals surface area (Å²) in [7, 11) is -3.49. The van der Waals surface area contributed by atoms with Crippen LogP contribution < -0.4 is 10.6 Å². The molecule has 2 rings (SSSR count). The third kappa shape index (κ3) is 12.4. The SMILES string of the molecule is CCN(CC)CCCC[C@H](NC(=O)[C@@H](NC(=O)CCCCCn1cc(-c2cnc(S(C)(=O)=O)nc2)nn1)C(C)C)C(=O)O. The molecule has 2 heterocycles. The number of carbonyl (C=O) groups is 3. The monoisotopic (exact) mass is 622 g/mol. The molecule has 240 valence electrons. The first kappa shape index (κ1) is 35.7. The van der Waals surface area contributed by atoms with E-state index in [1.807, 2.05) is 13.8 Å². The summed E-state index contributed by atoms with van der Waals surface area (Å²) in [5.74, 6) is -2.04. The highest BCUT2D eigenvalue weighted by atomic mass is 32.2. The quantitative estimate of drug-likeness (QED) is 0.144. The highest BCUT2D eigenvalue weighted by Gasteiger charge is 2.28. The Hall–Kier alpha value is -3.46. The summed E-state index contributed by atoms with van der Waals surface area (Å²) in [6.07, 6.45) is 9.69. The van der Waals surface area contributed by atoms with Gasteiger partial charge in [-0.3, -0.25) is 14.3 Å². The number of nitrogens with zero attached hydrogens (tertiary/aromatic N) is 6. The zero-order chi connectivity index (χ0) is 32.0. The molecular weight excluding hydrogens is 576 g/mol. The van der Waals surface area contributed by atoms with E-state index in [9.17, 15) is 27.9 Å². The first-order chi connectivity index (χ1) is 20.3. The lowest BCUT2D eigenvalue weighted by Crippen LogP contribution is -2.53. The van der Waals surface area contributed by atoms with Crippen LogP contribution in [0.15, 0.2) is 23.7 Å². The Labute approximate surface area is 254 Å². The number of nitrogens with one attached hydrogen (secondary N) is 2. The number of unbranched alkanes of at least 4 members (excludes halogenated alkanes) is 3. The van der Waals surface area contributed by atoms with Crippen LogP contribution in [0.5, 0.6) is 0 Å². The Kier molecular flexibility index (Phi) is 14.6. The number of hydrogen-bond acceptors (Lipinski definition) is 10. The fraction of sp³-hybridized carbons (Fsp3) is 0.679. The number of carbonyl (C=O) groups excluding carboxylic acids is 2. The highest BCUT2D eigenvalue weighted by molar-refractivity contribution is 7.90. The van der Waals surface area contributed by atoms with E-state index in [1.165, 1.54) is 12.4 Å². The molecule has 2 aromatic heterocycles. The third-order valence-corrected chi connectivity index (χ3v) is 7.95. The van der Waals surface area contributed by atoms with Crippen molar-refractivity contribution >= 4 is 27.6 Å². The molecule has 43 heavy (non-hydrogen) atoms. The summed E-state index contributed by atoms with van der Waals surface area (Å²) in [4.78, 5) is 47.3. The fourth-order valence-corrected chi connectivity index (χ4v) is 4.93. The summed E-state index contributed by atoms with van der Waals surface area (Å²) in [5.41, 5.74) is 1.06. The molecule has 14 nitrogen and oxygen atoms in total. The van der Waals surface area contributed by atoms with Crippen molar-refractivity contribution in [1.82, 2.24) is 40.5 Å². The molecule has 0 aromatic carbocycles. The van der Waals surface area contributed by atoms with E-state index < -0.39 is 33.8 Å². The van der Waals surface area contributed by atoms with Crippen LogP contribution in [0.2, 0.25) is 0 Å². The van der Waals surface area contributed by atoms with E-state index >= 15 is 0 Å². The molecule has 0 saturated heterocycles. The Morgan fingerprint density at radius 3 is 2.26 bits per heavy atom. The van der Waals surface area contributed by atoms with Crippen molar-refractivity contribution in [2.75, 3.05) is 25.9 Å². The Morgan fingerprint density at radius 2 is 1.67 bits per heavy atom. The average Bonchev–Trinajstić information content (AvgIpc) is 3.43. The molecule has 2 atom stereocenters. The van der Waals surface area contributed by atoms with Gasteiger partial charge in [0.05, 0.1) is 6.20 Å². The van der Waals surface area contributed by atoms with Crippen molar-refractivity contribution < 1.29 is 27.9 Å². The molecule has 0 aliphatic rings. The minimum Gasteiger partial charge on any atom is -0.480 e. The smallest absolute Gasteiger partial charge is 0.326 e. The number of rotatable bonds is 20. The van der Waals surface area contributed by atoms with Crippen LogP contribution >= 0.6 is 0 Å². The third-order valence-electron chi connectivity index (χ3n) is 7.08. The van der Waals surface area contributed by atoms with Crippen molar-refractivity contribution in [2.45, 2.75) is 96.4 Å². The Balaban J connectivity index is 1.76. The van der Waals surface area contributed by atoms with E-state index in [-0.39, 0.29) is 23.4 Å². The van der Waals surface area contributed by atoms with Crippen LogP contribution in [0, 0.1) is 5.92 Å². The fourth-order valence-electron chi connectivity index (χ4n) is 4.44. The molecule has 0 aliphatic carbocycles. The van der Waals surface area contributed by atoms with Crippen molar-refractivity contribution in [2.24, 2.45) is 5.92 Å². The average molecular weight is 623 g/mol. The van der Waals surface area contributed by atoms with Crippen LogP contribution in [-0.4, -0.2) is 99.1 Å². The summed E-state index contributed by atoms with van der Waals surface area (Å²) < 4.78 is 24.7. The molecule has 0 fully saturated rings. The van der Waals surface area contributed by atoms with Gasteiger partial charge in [-0.2, -0.15) is 0 Å². The van der Waals surface area contributed by atoms with E-state index in [1.54, 1.807) is 10.9 Å². The van der Waals surface area contributed by atoms with Crippen molar-refractivity contribution in [3.63, 3.8) is 0 Å². The largest absolute Gasteiger partial charge is 0.480 e. The second-order valence-corrected chi connectivity index (χ2v) is 12.8. The van der Waals surface area contributed by atoms with Crippen LogP contribution in [0.4, 0.5) is 0 Å². The molecule has 15 heteroatoms. The predicted octanol–water partition coefficient (Wildman–Crippen LogP) is 1.92. The zero-order valence-corrected chi connectivity index (χ0v) is 26.6. The van der Waals surface area contributed by atoms with Crippen molar-refractivity contribution in [3.05, 3.63) is 18.6 Å². The van der Waals surface area contributed by atoms with Crippen molar-refractivity contribution in [3.8, 4) is 11.3 Å². The molecule has 0 radical (unpaired) electrons. The van der Waals surface area contributed by atoms with Crippen LogP contribution in [0.3, 0.4) is 0 Å². The van der Waals surface area contributed by atoms with Gasteiger partial charge in [-0.15, -0.1) is 5.10 Å². The number of carboxylic acid groups (broad SMARTS) is 1. The predicted molar refractivity (Wildman–Crippen MR) is 161 cm³/mol. The second-order valence-electron chi connectivity index (χ2n) is 10.9. The van der Waals surface area contributed by atoms with E-state index in [2.05, 4.69) is 49.7 Å². The minimum absolute atomic E-state index is 0.212. The lowest BCUT2D eigenvalue weighted by Gasteiger charge is -2.24.